The first-order valence-corrected chi connectivity index (χ1v) is 7.44. The first-order valence-electron chi connectivity index (χ1n) is 6.24. The Bertz CT molecular complexity index is 656. The van der Waals surface area contributed by atoms with Gasteiger partial charge in [0.15, 0.2) is 0 Å². The molecule has 0 aromatic heterocycles. The molecule has 0 saturated carbocycles. The maximum Gasteiger partial charge on any atom is 0.126 e. The van der Waals surface area contributed by atoms with E-state index in [4.69, 9.17) is 18.0 Å². The highest BCUT2D eigenvalue weighted by molar-refractivity contribution is 9.10. The van der Waals surface area contributed by atoms with Crippen LogP contribution in [-0.2, 0) is 6.42 Å². The molecule has 0 saturated heterocycles. The van der Waals surface area contributed by atoms with Gasteiger partial charge in [0.25, 0.3) is 0 Å². The van der Waals surface area contributed by atoms with E-state index in [9.17, 15) is 8.78 Å². The van der Waals surface area contributed by atoms with E-state index < -0.39 is 11.6 Å². The number of thiocarbonyl (C=S) groups is 1. The molecule has 110 valence electrons. The maximum atomic E-state index is 13.1. The Labute approximate surface area is 135 Å². The summed E-state index contributed by atoms with van der Waals surface area (Å²) in [6, 6.07) is 9.02. The van der Waals surface area contributed by atoms with Crippen LogP contribution in [-0.4, -0.2) is 11.5 Å². The Hall–Kier alpha value is -1.53. The highest BCUT2D eigenvalue weighted by Gasteiger charge is 2.06. The van der Waals surface area contributed by atoms with E-state index in [0.29, 0.717) is 23.5 Å². The van der Waals surface area contributed by atoms with Gasteiger partial charge in [-0.1, -0.05) is 28.1 Å². The predicted molar refractivity (Wildman–Crippen MR) is 88.6 cm³/mol. The van der Waals surface area contributed by atoms with Crippen LogP contribution >= 0.6 is 28.1 Å². The van der Waals surface area contributed by atoms with Gasteiger partial charge in [-0.05, 0) is 42.3 Å². The number of anilines is 1. The fourth-order valence-electron chi connectivity index (χ4n) is 1.97. The summed E-state index contributed by atoms with van der Waals surface area (Å²) < 4.78 is 27.1. The van der Waals surface area contributed by atoms with E-state index in [1.165, 1.54) is 12.1 Å². The van der Waals surface area contributed by atoms with Gasteiger partial charge in [-0.25, -0.2) is 8.78 Å². The lowest BCUT2D eigenvalue weighted by molar-refractivity contribution is 0.580. The van der Waals surface area contributed by atoms with E-state index >= 15 is 0 Å². The second kappa shape index (κ2) is 6.95. The molecule has 21 heavy (non-hydrogen) atoms. The van der Waals surface area contributed by atoms with Gasteiger partial charge in [0.1, 0.15) is 16.6 Å². The summed E-state index contributed by atoms with van der Waals surface area (Å²) in [5.74, 6) is -1.15. The summed E-state index contributed by atoms with van der Waals surface area (Å²) in [5.41, 5.74) is 7.77. The number of nitrogens with one attached hydrogen (secondary N) is 1. The van der Waals surface area contributed by atoms with Crippen molar-refractivity contribution in [3.63, 3.8) is 0 Å². The Morgan fingerprint density at radius 3 is 2.43 bits per heavy atom. The average Bonchev–Trinajstić information content (AvgIpc) is 2.37. The minimum Gasteiger partial charge on any atom is -0.389 e. The number of nitrogens with two attached hydrogens (primary N) is 1. The molecule has 0 fully saturated rings. The molecule has 2 aromatic rings. The summed E-state index contributed by atoms with van der Waals surface area (Å²) in [5, 5.41) is 3.18. The zero-order chi connectivity index (χ0) is 15.4. The number of halogens is 3. The van der Waals surface area contributed by atoms with Crippen LogP contribution in [0.1, 0.15) is 11.1 Å². The third kappa shape index (κ3) is 4.47. The van der Waals surface area contributed by atoms with Crippen molar-refractivity contribution >= 4 is 38.8 Å². The lowest BCUT2D eigenvalue weighted by atomic mass is 10.1. The highest BCUT2D eigenvalue weighted by atomic mass is 79.9. The quantitative estimate of drug-likeness (QED) is 0.780. The normalized spacial score (nSPS) is 10.4. The van der Waals surface area contributed by atoms with Crippen LogP contribution in [0, 0.1) is 11.6 Å². The Morgan fingerprint density at radius 1 is 1.14 bits per heavy atom. The van der Waals surface area contributed by atoms with Gasteiger partial charge in [0.2, 0.25) is 0 Å². The van der Waals surface area contributed by atoms with Gasteiger partial charge < -0.3 is 11.1 Å². The first kappa shape index (κ1) is 15.9. The van der Waals surface area contributed by atoms with Gasteiger partial charge in [0, 0.05) is 28.3 Å². The van der Waals surface area contributed by atoms with Crippen LogP contribution in [0.25, 0.3) is 0 Å². The molecule has 0 aliphatic carbocycles. The number of hydrogen-bond acceptors (Lipinski definition) is 2. The molecule has 6 heteroatoms. The number of rotatable bonds is 5. The van der Waals surface area contributed by atoms with Gasteiger partial charge >= 0.3 is 0 Å². The van der Waals surface area contributed by atoms with E-state index in [0.717, 1.165) is 21.8 Å². The molecular formula is C15H13BrF2N2S. The molecular weight excluding hydrogens is 358 g/mol. The monoisotopic (exact) mass is 370 g/mol. The van der Waals surface area contributed by atoms with Crippen molar-refractivity contribution in [3.05, 3.63) is 63.6 Å². The van der Waals surface area contributed by atoms with Crippen LogP contribution in [0.4, 0.5) is 14.5 Å². The summed E-state index contributed by atoms with van der Waals surface area (Å²) in [7, 11) is 0. The maximum absolute atomic E-state index is 13.1. The molecule has 0 unspecified atom stereocenters. The van der Waals surface area contributed by atoms with Crippen LogP contribution in [0.15, 0.2) is 40.9 Å². The molecule has 2 rings (SSSR count). The number of benzene rings is 2. The highest BCUT2D eigenvalue weighted by Crippen LogP contribution is 2.21. The molecule has 0 bridgehead atoms. The minimum absolute atomic E-state index is 0.293. The molecule has 0 amide bonds. The van der Waals surface area contributed by atoms with Gasteiger partial charge in [0.05, 0.1) is 0 Å². The van der Waals surface area contributed by atoms with Gasteiger partial charge in [-0.3, -0.25) is 0 Å². The van der Waals surface area contributed by atoms with E-state index in [1.54, 1.807) is 0 Å². The van der Waals surface area contributed by atoms with Crippen LogP contribution < -0.4 is 11.1 Å². The molecule has 0 heterocycles. The second-order valence-electron chi connectivity index (χ2n) is 4.51. The summed E-state index contributed by atoms with van der Waals surface area (Å²) >= 11 is 8.37. The van der Waals surface area contributed by atoms with E-state index in [2.05, 4.69) is 21.2 Å². The third-order valence-corrected chi connectivity index (χ3v) is 3.61. The van der Waals surface area contributed by atoms with Crippen LogP contribution in [0.5, 0.6) is 0 Å². The van der Waals surface area contributed by atoms with Crippen molar-refractivity contribution in [2.24, 2.45) is 5.73 Å². The zero-order valence-corrected chi connectivity index (χ0v) is 13.4. The fourth-order valence-corrected chi connectivity index (χ4v) is 2.51. The van der Waals surface area contributed by atoms with Crippen molar-refractivity contribution in [2.45, 2.75) is 6.42 Å². The van der Waals surface area contributed by atoms with Crippen LogP contribution in [0.3, 0.4) is 0 Å². The largest absolute Gasteiger partial charge is 0.389 e. The Morgan fingerprint density at radius 2 is 1.81 bits per heavy atom. The molecule has 2 nitrogen and oxygen atoms in total. The van der Waals surface area contributed by atoms with E-state index in [1.807, 2.05) is 18.2 Å². The zero-order valence-electron chi connectivity index (χ0n) is 11.0. The first-order chi connectivity index (χ1) is 9.95. The van der Waals surface area contributed by atoms with Crippen LogP contribution in [0.2, 0.25) is 0 Å². The van der Waals surface area contributed by atoms with Crippen molar-refractivity contribution in [3.8, 4) is 0 Å². The van der Waals surface area contributed by atoms with Crippen molar-refractivity contribution in [2.75, 3.05) is 11.9 Å². The van der Waals surface area contributed by atoms with Crippen molar-refractivity contribution in [1.82, 2.24) is 0 Å². The standard InChI is InChI=1S/C15H13BrF2N2S/c16-10-1-2-13(15(19)21)14(7-10)20-4-3-9-5-11(17)8-12(18)6-9/h1-2,5-8,20H,3-4H2,(H2,19,21). The Kier molecular flexibility index (Phi) is 5.25. The minimum atomic E-state index is -0.573. The van der Waals surface area contributed by atoms with Gasteiger partial charge in [-0.15, -0.1) is 0 Å². The Balaban J connectivity index is 2.06. The number of hydrogen-bond donors (Lipinski definition) is 2. The summed E-state index contributed by atoms with van der Waals surface area (Å²) in [4.78, 5) is 0.293. The van der Waals surface area contributed by atoms with E-state index in [-0.39, 0.29) is 0 Å². The third-order valence-electron chi connectivity index (χ3n) is 2.90. The van der Waals surface area contributed by atoms with Crippen molar-refractivity contribution < 1.29 is 8.78 Å². The topological polar surface area (TPSA) is 38.0 Å². The molecule has 0 radical (unpaired) electrons. The lowest BCUT2D eigenvalue weighted by Gasteiger charge is -2.12. The molecule has 0 aliphatic rings. The molecule has 0 atom stereocenters. The van der Waals surface area contributed by atoms with Crippen molar-refractivity contribution in [1.29, 1.82) is 0 Å². The molecule has 3 N–H and O–H groups in total. The molecule has 2 aromatic carbocycles. The lowest BCUT2D eigenvalue weighted by Crippen LogP contribution is -2.14. The average molecular weight is 371 g/mol. The predicted octanol–water partition coefficient (Wildman–Crippen LogP) is 4.02. The summed E-state index contributed by atoms with van der Waals surface area (Å²) in [6.45, 7) is 0.509. The fraction of sp³-hybridized carbons (Fsp3) is 0.133. The molecule has 0 aliphatic heterocycles. The SMILES string of the molecule is NC(=S)c1ccc(Br)cc1NCCc1cc(F)cc(F)c1. The molecule has 0 spiro atoms. The second-order valence-corrected chi connectivity index (χ2v) is 5.86. The smallest absolute Gasteiger partial charge is 0.126 e. The van der Waals surface area contributed by atoms with Gasteiger partial charge in [-0.2, -0.15) is 0 Å². The summed E-state index contributed by atoms with van der Waals surface area (Å²) in [6.07, 6.45) is 0.484.